The first-order valence-electron chi connectivity index (χ1n) is 5.76. The second-order valence-electron chi connectivity index (χ2n) is 4.81. The van der Waals surface area contributed by atoms with Crippen LogP contribution in [0.25, 0.3) is 0 Å². The minimum absolute atomic E-state index is 0.242. The quantitative estimate of drug-likeness (QED) is 0.666. The molecule has 2 N–H and O–H groups in total. The first-order chi connectivity index (χ1) is 8.78. The first-order valence-corrected chi connectivity index (χ1v) is 6.56. The Labute approximate surface area is 121 Å². The van der Waals surface area contributed by atoms with Crippen LogP contribution in [0.3, 0.4) is 0 Å². The zero-order valence-electron chi connectivity index (χ0n) is 11.2. The lowest BCUT2D eigenvalue weighted by molar-refractivity contribution is -0.154. The van der Waals surface area contributed by atoms with Crippen LogP contribution in [-0.4, -0.2) is 21.5 Å². The second-order valence-corrected chi connectivity index (χ2v) is 5.63. The van der Waals surface area contributed by atoms with E-state index in [1.54, 1.807) is 0 Å². The number of nitrogens with two attached hydrogens (primary N) is 1. The number of hydrogen-bond acceptors (Lipinski definition) is 5. The Balaban J connectivity index is 2.52. The van der Waals surface area contributed by atoms with Gasteiger partial charge in [-0.2, -0.15) is 0 Å². The maximum Gasteiger partial charge on any atom is 0.307 e. The molecule has 5 nitrogen and oxygen atoms in total. The zero-order chi connectivity index (χ0) is 14.5. The minimum atomic E-state index is -0.468. The SMILES string of the molecule is CC(C)(C)OC(=O)CCC#Cc1nc(Br)cnc1N. The van der Waals surface area contributed by atoms with Gasteiger partial charge in [0.1, 0.15) is 10.2 Å². The van der Waals surface area contributed by atoms with Gasteiger partial charge in [0.15, 0.2) is 11.5 Å². The maximum absolute atomic E-state index is 11.4. The van der Waals surface area contributed by atoms with Crippen molar-refractivity contribution in [1.29, 1.82) is 0 Å². The van der Waals surface area contributed by atoms with E-state index in [1.807, 2.05) is 20.8 Å². The lowest BCUT2D eigenvalue weighted by Gasteiger charge is -2.18. The predicted octanol–water partition coefficient (Wildman–Crippen LogP) is 2.29. The summed E-state index contributed by atoms with van der Waals surface area (Å²) < 4.78 is 5.73. The number of anilines is 1. The Morgan fingerprint density at radius 3 is 2.84 bits per heavy atom. The Hall–Kier alpha value is -1.61. The second kappa shape index (κ2) is 6.53. The fourth-order valence-electron chi connectivity index (χ4n) is 1.17. The van der Waals surface area contributed by atoms with E-state index in [1.165, 1.54) is 6.20 Å². The Morgan fingerprint density at radius 2 is 2.21 bits per heavy atom. The summed E-state index contributed by atoms with van der Waals surface area (Å²) in [5.74, 6) is 5.62. The summed E-state index contributed by atoms with van der Waals surface area (Å²) >= 11 is 3.19. The van der Waals surface area contributed by atoms with E-state index in [9.17, 15) is 4.79 Å². The molecule has 0 aliphatic rings. The standard InChI is InChI=1S/C13H16BrN3O2/c1-13(2,3)19-11(18)7-5-4-6-9-12(15)16-8-10(14)17-9/h8H,5,7H2,1-3H3,(H2,15,16). The number of ether oxygens (including phenoxy) is 1. The van der Waals surface area contributed by atoms with Crippen LogP contribution in [0.2, 0.25) is 0 Å². The molecule has 1 rings (SSSR count). The van der Waals surface area contributed by atoms with Gasteiger partial charge in [0.2, 0.25) is 0 Å². The molecule has 0 unspecified atom stereocenters. The fraction of sp³-hybridized carbons (Fsp3) is 0.462. The van der Waals surface area contributed by atoms with Crippen molar-refractivity contribution in [2.24, 2.45) is 0 Å². The van der Waals surface area contributed by atoms with Gasteiger partial charge in [-0.1, -0.05) is 5.92 Å². The van der Waals surface area contributed by atoms with Crippen LogP contribution in [-0.2, 0) is 9.53 Å². The topological polar surface area (TPSA) is 78.1 Å². The Morgan fingerprint density at radius 1 is 1.53 bits per heavy atom. The molecule has 0 spiro atoms. The molecule has 0 amide bonds. The Kier molecular flexibility index (Phi) is 5.31. The fourth-order valence-corrected chi connectivity index (χ4v) is 1.45. The summed E-state index contributed by atoms with van der Waals surface area (Å²) in [4.78, 5) is 19.4. The van der Waals surface area contributed by atoms with Crippen LogP contribution in [0.5, 0.6) is 0 Å². The van der Waals surface area contributed by atoms with E-state index in [0.29, 0.717) is 16.7 Å². The molecule has 0 saturated carbocycles. The highest BCUT2D eigenvalue weighted by molar-refractivity contribution is 9.10. The Bertz CT molecular complexity index is 527. The van der Waals surface area contributed by atoms with Crippen LogP contribution in [0.1, 0.15) is 39.3 Å². The van der Waals surface area contributed by atoms with Gasteiger partial charge in [-0.15, -0.1) is 0 Å². The molecule has 102 valence electrons. The third-order valence-electron chi connectivity index (χ3n) is 1.85. The summed E-state index contributed by atoms with van der Waals surface area (Å²) in [5, 5.41) is 0. The number of halogens is 1. The number of carbonyl (C=O) groups is 1. The molecule has 1 aromatic rings. The molecule has 0 aliphatic carbocycles. The highest BCUT2D eigenvalue weighted by atomic mass is 79.9. The lowest BCUT2D eigenvalue weighted by Crippen LogP contribution is -2.23. The highest BCUT2D eigenvalue weighted by Gasteiger charge is 2.15. The maximum atomic E-state index is 11.4. The molecule has 0 saturated heterocycles. The smallest absolute Gasteiger partial charge is 0.307 e. The van der Waals surface area contributed by atoms with Crippen LogP contribution in [0, 0.1) is 11.8 Å². The monoisotopic (exact) mass is 325 g/mol. The zero-order valence-corrected chi connectivity index (χ0v) is 12.7. The van der Waals surface area contributed by atoms with E-state index >= 15 is 0 Å². The van der Waals surface area contributed by atoms with E-state index in [0.717, 1.165) is 0 Å². The van der Waals surface area contributed by atoms with Crippen molar-refractivity contribution in [3.05, 3.63) is 16.5 Å². The number of esters is 1. The normalized spacial score (nSPS) is 10.5. The van der Waals surface area contributed by atoms with Crippen molar-refractivity contribution < 1.29 is 9.53 Å². The van der Waals surface area contributed by atoms with E-state index in [2.05, 4.69) is 37.7 Å². The molecule has 19 heavy (non-hydrogen) atoms. The highest BCUT2D eigenvalue weighted by Crippen LogP contribution is 2.10. The van der Waals surface area contributed by atoms with E-state index < -0.39 is 5.60 Å². The average Bonchev–Trinajstić information content (AvgIpc) is 2.26. The summed E-state index contributed by atoms with van der Waals surface area (Å²) in [6, 6.07) is 0. The number of carbonyl (C=O) groups excluding carboxylic acids is 1. The van der Waals surface area contributed by atoms with Gasteiger partial charge in [-0.3, -0.25) is 4.79 Å². The van der Waals surface area contributed by atoms with Gasteiger partial charge in [0.25, 0.3) is 0 Å². The van der Waals surface area contributed by atoms with Gasteiger partial charge in [0, 0.05) is 6.42 Å². The van der Waals surface area contributed by atoms with Gasteiger partial charge >= 0.3 is 5.97 Å². The molecule has 0 aliphatic heterocycles. The van der Waals surface area contributed by atoms with Crippen molar-refractivity contribution in [3.8, 4) is 11.8 Å². The van der Waals surface area contributed by atoms with Crippen molar-refractivity contribution in [2.45, 2.75) is 39.2 Å². The first kappa shape index (κ1) is 15.4. The van der Waals surface area contributed by atoms with Crippen LogP contribution >= 0.6 is 15.9 Å². The van der Waals surface area contributed by atoms with Gasteiger partial charge in [-0.25, -0.2) is 9.97 Å². The molecule has 0 bridgehead atoms. The van der Waals surface area contributed by atoms with Crippen molar-refractivity contribution >= 4 is 27.7 Å². The molecule has 1 aromatic heterocycles. The van der Waals surface area contributed by atoms with Crippen LogP contribution in [0.4, 0.5) is 5.82 Å². The van der Waals surface area contributed by atoms with E-state index in [-0.39, 0.29) is 18.2 Å². The number of nitrogen functional groups attached to an aromatic ring is 1. The summed E-state index contributed by atoms with van der Waals surface area (Å²) in [7, 11) is 0. The van der Waals surface area contributed by atoms with Crippen LogP contribution < -0.4 is 5.73 Å². The van der Waals surface area contributed by atoms with Crippen LogP contribution in [0.15, 0.2) is 10.8 Å². The van der Waals surface area contributed by atoms with Gasteiger partial charge in [-0.05, 0) is 42.6 Å². The molecule has 0 atom stereocenters. The number of rotatable bonds is 2. The van der Waals surface area contributed by atoms with Gasteiger partial charge in [0.05, 0.1) is 12.6 Å². The van der Waals surface area contributed by atoms with Crippen molar-refractivity contribution in [2.75, 3.05) is 5.73 Å². The lowest BCUT2D eigenvalue weighted by atomic mass is 10.2. The molecule has 0 fully saturated rings. The predicted molar refractivity (Wildman–Crippen MR) is 76.1 cm³/mol. The average molecular weight is 326 g/mol. The number of nitrogens with zero attached hydrogens (tertiary/aromatic N) is 2. The molecule has 1 heterocycles. The molecule has 6 heteroatoms. The van der Waals surface area contributed by atoms with E-state index in [4.69, 9.17) is 10.5 Å². The third kappa shape index (κ3) is 6.20. The molecular formula is C13H16BrN3O2. The van der Waals surface area contributed by atoms with Crippen molar-refractivity contribution in [3.63, 3.8) is 0 Å². The molecule has 0 aromatic carbocycles. The van der Waals surface area contributed by atoms with Crippen molar-refractivity contribution in [1.82, 2.24) is 9.97 Å². The largest absolute Gasteiger partial charge is 0.460 e. The third-order valence-corrected chi connectivity index (χ3v) is 2.23. The summed E-state index contributed by atoms with van der Waals surface area (Å²) in [6.07, 6.45) is 2.13. The number of aromatic nitrogens is 2. The summed E-state index contributed by atoms with van der Waals surface area (Å²) in [6.45, 7) is 5.48. The number of hydrogen-bond donors (Lipinski definition) is 1. The molecular weight excluding hydrogens is 310 g/mol. The summed E-state index contributed by atoms with van der Waals surface area (Å²) in [5.41, 5.74) is 5.56. The molecule has 0 radical (unpaired) electrons. The minimum Gasteiger partial charge on any atom is -0.460 e. The van der Waals surface area contributed by atoms with Gasteiger partial charge < -0.3 is 10.5 Å².